The van der Waals surface area contributed by atoms with E-state index in [1.807, 2.05) is 36.1 Å². The summed E-state index contributed by atoms with van der Waals surface area (Å²) in [5.74, 6) is 1.88. The van der Waals surface area contributed by atoms with Crippen molar-refractivity contribution in [2.75, 3.05) is 38.0 Å². The number of para-hydroxylation sites is 1. The third-order valence-electron chi connectivity index (χ3n) is 6.73. The molecule has 1 aromatic carbocycles. The van der Waals surface area contributed by atoms with Crippen LogP contribution in [-0.2, 0) is 17.6 Å². The Morgan fingerprint density at radius 3 is 2.61 bits per heavy atom. The van der Waals surface area contributed by atoms with Gasteiger partial charge in [-0.15, -0.1) is 0 Å². The van der Waals surface area contributed by atoms with Crippen LogP contribution in [0.4, 0.5) is 10.5 Å². The minimum Gasteiger partial charge on any atom is -0.466 e. The van der Waals surface area contributed by atoms with Crippen molar-refractivity contribution in [1.29, 1.82) is 0 Å². The topological polar surface area (TPSA) is 77.8 Å². The van der Waals surface area contributed by atoms with E-state index in [4.69, 9.17) is 4.42 Å². The Labute approximate surface area is 196 Å². The Bertz CT molecular complexity index is 1000. The van der Waals surface area contributed by atoms with Crippen LogP contribution in [0, 0.1) is 12.3 Å². The molecule has 1 fully saturated rings. The highest BCUT2D eigenvalue weighted by molar-refractivity contribution is 5.93. The molecule has 33 heavy (non-hydrogen) atoms. The maximum Gasteiger partial charge on any atom is 0.317 e. The molecule has 2 aromatic rings. The molecule has 0 bridgehead atoms. The summed E-state index contributed by atoms with van der Waals surface area (Å²) in [6.45, 7) is 11.4. The second-order valence-corrected chi connectivity index (χ2v) is 10.1. The van der Waals surface area contributed by atoms with Gasteiger partial charge in [-0.1, -0.05) is 39.0 Å². The average Bonchev–Trinajstić information content (AvgIpc) is 3.13. The van der Waals surface area contributed by atoms with Gasteiger partial charge in [0.05, 0.1) is 12.6 Å². The number of hydrogen-bond acceptors (Lipinski definition) is 4. The van der Waals surface area contributed by atoms with Crippen LogP contribution in [0.3, 0.4) is 0 Å². The Kier molecular flexibility index (Phi) is 6.79. The highest BCUT2D eigenvalue weighted by Gasteiger charge is 2.36. The molecule has 1 aliphatic carbocycles. The second-order valence-electron chi connectivity index (χ2n) is 10.1. The number of rotatable bonds is 5. The maximum absolute atomic E-state index is 13.0. The molecule has 7 nitrogen and oxygen atoms in total. The van der Waals surface area contributed by atoms with Crippen LogP contribution in [0.5, 0.6) is 0 Å². The van der Waals surface area contributed by atoms with E-state index in [-0.39, 0.29) is 23.4 Å². The molecule has 4 rings (SSSR count). The fourth-order valence-electron chi connectivity index (χ4n) is 5.01. The van der Waals surface area contributed by atoms with Crippen molar-refractivity contribution >= 4 is 17.6 Å². The van der Waals surface area contributed by atoms with E-state index in [0.29, 0.717) is 32.7 Å². The minimum atomic E-state index is -0.0384. The lowest BCUT2D eigenvalue weighted by molar-refractivity contribution is -0.117. The van der Waals surface area contributed by atoms with E-state index in [2.05, 4.69) is 42.4 Å². The van der Waals surface area contributed by atoms with Crippen molar-refractivity contribution < 1.29 is 14.0 Å². The molecule has 0 radical (unpaired) electrons. The highest BCUT2D eigenvalue weighted by Crippen LogP contribution is 2.42. The number of piperazine rings is 1. The van der Waals surface area contributed by atoms with Gasteiger partial charge >= 0.3 is 6.03 Å². The standard InChI is InChI=1S/C26H36N4O3/c1-5-19-8-6-7-9-21(19)27-24(31)17-29-10-12-30(13-11-29)25(32)28-22-15-26(3,4)16-23-20(22)14-18(2)33-23/h6-9,14,22H,5,10-13,15-17H2,1-4H3,(H,27,31)(H,28,32). The molecular formula is C26H36N4O3. The van der Waals surface area contributed by atoms with Crippen LogP contribution in [-0.4, -0.2) is 54.5 Å². The zero-order chi connectivity index (χ0) is 23.6. The van der Waals surface area contributed by atoms with Gasteiger partial charge in [-0.2, -0.15) is 0 Å². The van der Waals surface area contributed by atoms with Crippen LogP contribution in [0.25, 0.3) is 0 Å². The van der Waals surface area contributed by atoms with Crippen molar-refractivity contribution in [3.05, 3.63) is 53.0 Å². The zero-order valence-corrected chi connectivity index (χ0v) is 20.2. The normalized spacial score (nSPS) is 20.2. The summed E-state index contributed by atoms with van der Waals surface area (Å²) in [5.41, 5.74) is 3.21. The van der Waals surface area contributed by atoms with E-state index in [9.17, 15) is 9.59 Å². The molecule has 1 unspecified atom stereocenters. The quantitative estimate of drug-likeness (QED) is 0.715. The Morgan fingerprint density at radius 2 is 1.88 bits per heavy atom. The molecule has 2 aliphatic rings. The molecule has 0 spiro atoms. The number of aryl methyl sites for hydroxylation is 2. The van der Waals surface area contributed by atoms with Gasteiger partial charge in [0, 0.05) is 43.9 Å². The number of carbonyl (C=O) groups is 2. The van der Waals surface area contributed by atoms with E-state index in [0.717, 1.165) is 47.6 Å². The monoisotopic (exact) mass is 452 g/mol. The zero-order valence-electron chi connectivity index (χ0n) is 20.2. The summed E-state index contributed by atoms with van der Waals surface area (Å²) < 4.78 is 5.90. The SMILES string of the molecule is CCc1ccccc1NC(=O)CN1CCN(C(=O)NC2CC(C)(C)Cc3oc(C)cc32)CC1. The summed E-state index contributed by atoms with van der Waals surface area (Å²) in [7, 11) is 0. The molecule has 1 atom stereocenters. The van der Waals surface area contributed by atoms with Gasteiger partial charge in [-0.25, -0.2) is 4.79 Å². The second kappa shape index (κ2) is 9.59. The Morgan fingerprint density at radius 1 is 1.15 bits per heavy atom. The van der Waals surface area contributed by atoms with Gasteiger partial charge in [0.1, 0.15) is 11.5 Å². The number of nitrogens with zero attached hydrogens (tertiary/aromatic N) is 2. The highest BCUT2D eigenvalue weighted by atomic mass is 16.3. The van der Waals surface area contributed by atoms with Crippen molar-refractivity contribution in [3.63, 3.8) is 0 Å². The fraction of sp³-hybridized carbons (Fsp3) is 0.538. The number of hydrogen-bond donors (Lipinski definition) is 2. The van der Waals surface area contributed by atoms with Gasteiger partial charge < -0.3 is 20.0 Å². The summed E-state index contributed by atoms with van der Waals surface area (Å²) in [6, 6.07) is 9.89. The lowest BCUT2D eigenvalue weighted by Gasteiger charge is -2.38. The number of furan rings is 1. The lowest BCUT2D eigenvalue weighted by atomic mass is 9.75. The largest absolute Gasteiger partial charge is 0.466 e. The first-order chi connectivity index (χ1) is 15.7. The van der Waals surface area contributed by atoms with Crippen LogP contribution < -0.4 is 10.6 Å². The molecular weight excluding hydrogens is 416 g/mol. The Balaban J connectivity index is 1.28. The third-order valence-corrected chi connectivity index (χ3v) is 6.73. The first-order valence-corrected chi connectivity index (χ1v) is 12.0. The lowest BCUT2D eigenvalue weighted by Crippen LogP contribution is -2.53. The molecule has 0 saturated carbocycles. The Hall–Kier alpha value is -2.80. The van der Waals surface area contributed by atoms with E-state index in [1.165, 1.54) is 0 Å². The first-order valence-electron chi connectivity index (χ1n) is 12.0. The van der Waals surface area contributed by atoms with Gasteiger partial charge in [-0.3, -0.25) is 9.69 Å². The predicted molar refractivity (Wildman–Crippen MR) is 129 cm³/mol. The number of benzene rings is 1. The fourth-order valence-corrected chi connectivity index (χ4v) is 5.01. The molecule has 2 N–H and O–H groups in total. The summed E-state index contributed by atoms with van der Waals surface area (Å²) in [5, 5.41) is 6.28. The van der Waals surface area contributed by atoms with Crippen LogP contribution in [0.2, 0.25) is 0 Å². The van der Waals surface area contributed by atoms with Crippen LogP contribution in [0.15, 0.2) is 34.7 Å². The van der Waals surface area contributed by atoms with Crippen LogP contribution in [0.1, 0.15) is 55.9 Å². The number of amides is 3. The average molecular weight is 453 g/mol. The molecule has 178 valence electrons. The van der Waals surface area contributed by atoms with E-state index in [1.54, 1.807) is 0 Å². The van der Waals surface area contributed by atoms with Crippen molar-refractivity contribution in [1.82, 2.24) is 15.1 Å². The van der Waals surface area contributed by atoms with Crippen molar-refractivity contribution in [2.24, 2.45) is 5.41 Å². The summed E-state index contributed by atoms with van der Waals surface area (Å²) >= 11 is 0. The van der Waals surface area contributed by atoms with E-state index < -0.39 is 0 Å². The number of fused-ring (bicyclic) bond motifs is 1. The van der Waals surface area contributed by atoms with E-state index >= 15 is 0 Å². The molecule has 1 saturated heterocycles. The molecule has 1 aliphatic heterocycles. The van der Waals surface area contributed by atoms with Gasteiger partial charge in [0.15, 0.2) is 0 Å². The third kappa shape index (κ3) is 5.58. The number of nitrogens with one attached hydrogen (secondary N) is 2. The maximum atomic E-state index is 13.0. The van der Waals surface area contributed by atoms with Crippen molar-refractivity contribution in [3.8, 4) is 0 Å². The van der Waals surface area contributed by atoms with Crippen molar-refractivity contribution in [2.45, 2.75) is 53.0 Å². The number of anilines is 1. The molecule has 1 aromatic heterocycles. The predicted octanol–water partition coefficient (Wildman–Crippen LogP) is 4.13. The summed E-state index contributed by atoms with van der Waals surface area (Å²) in [4.78, 5) is 29.5. The number of urea groups is 1. The van der Waals surface area contributed by atoms with Crippen LogP contribution >= 0.6 is 0 Å². The molecule has 7 heteroatoms. The van der Waals surface area contributed by atoms with Gasteiger partial charge in [0.2, 0.25) is 5.91 Å². The first kappa shape index (κ1) is 23.4. The minimum absolute atomic E-state index is 0.0129. The number of carbonyl (C=O) groups excluding carboxylic acids is 2. The molecule has 3 amide bonds. The van der Waals surface area contributed by atoms with Gasteiger partial charge in [-0.05, 0) is 42.9 Å². The summed E-state index contributed by atoms with van der Waals surface area (Å²) in [6.07, 6.45) is 2.67. The van der Waals surface area contributed by atoms with Gasteiger partial charge in [0.25, 0.3) is 0 Å². The molecule has 2 heterocycles. The smallest absolute Gasteiger partial charge is 0.317 e.